The third kappa shape index (κ3) is 4.57. The first-order valence-electron chi connectivity index (χ1n) is 7.42. The Morgan fingerprint density at radius 1 is 1.27 bits per heavy atom. The SMILES string of the molecule is Cl.Cl.N#Cc1cc([C@H](CC2CC2)N2CCNCC2)ccc1F. The molecule has 6 heteroatoms. The van der Waals surface area contributed by atoms with Crippen LogP contribution in [0.3, 0.4) is 0 Å². The number of nitrogens with one attached hydrogen (secondary N) is 1. The molecule has 1 aromatic rings. The van der Waals surface area contributed by atoms with Crippen LogP contribution in [0.15, 0.2) is 18.2 Å². The minimum absolute atomic E-state index is 0. The first kappa shape index (κ1) is 19.2. The molecule has 1 atom stereocenters. The Morgan fingerprint density at radius 3 is 2.55 bits per heavy atom. The zero-order valence-electron chi connectivity index (χ0n) is 12.4. The third-order valence-electron chi connectivity index (χ3n) is 4.34. The van der Waals surface area contributed by atoms with Crippen molar-refractivity contribution in [1.29, 1.82) is 5.26 Å². The maximum Gasteiger partial charge on any atom is 0.140 e. The average Bonchev–Trinajstić information content (AvgIpc) is 3.30. The molecule has 3 nitrogen and oxygen atoms in total. The molecule has 2 fully saturated rings. The first-order valence-corrected chi connectivity index (χ1v) is 7.42. The molecule has 1 aromatic carbocycles. The predicted octanol–water partition coefficient (Wildman–Crippen LogP) is 3.29. The quantitative estimate of drug-likeness (QED) is 0.909. The van der Waals surface area contributed by atoms with Gasteiger partial charge in [-0.3, -0.25) is 4.90 Å². The maximum absolute atomic E-state index is 13.5. The van der Waals surface area contributed by atoms with E-state index in [1.807, 2.05) is 12.1 Å². The molecule has 0 aromatic heterocycles. The second-order valence-electron chi connectivity index (χ2n) is 5.83. The lowest BCUT2D eigenvalue weighted by Crippen LogP contribution is -2.45. The van der Waals surface area contributed by atoms with Crippen LogP contribution in [0, 0.1) is 23.1 Å². The maximum atomic E-state index is 13.5. The topological polar surface area (TPSA) is 39.1 Å². The van der Waals surface area contributed by atoms with Crippen molar-refractivity contribution in [3.8, 4) is 6.07 Å². The Labute approximate surface area is 143 Å². The predicted molar refractivity (Wildman–Crippen MR) is 90.1 cm³/mol. The number of nitrogens with zero attached hydrogens (tertiary/aromatic N) is 2. The molecule has 1 saturated carbocycles. The van der Waals surface area contributed by atoms with E-state index in [1.165, 1.54) is 18.9 Å². The van der Waals surface area contributed by atoms with E-state index in [1.54, 1.807) is 6.07 Å². The third-order valence-corrected chi connectivity index (χ3v) is 4.34. The number of nitriles is 1. The first-order chi connectivity index (χ1) is 9.78. The summed E-state index contributed by atoms with van der Waals surface area (Å²) in [6, 6.07) is 7.32. The molecule has 1 heterocycles. The summed E-state index contributed by atoms with van der Waals surface area (Å²) in [5.41, 5.74) is 1.26. The van der Waals surface area contributed by atoms with Gasteiger partial charge in [0.2, 0.25) is 0 Å². The fourth-order valence-corrected chi connectivity index (χ4v) is 2.99. The van der Waals surface area contributed by atoms with Crippen LogP contribution in [0.1, 0.15) is 36.4 Å². The van der Waals surface area contributed by atoms with Crippen molar-refractivity contribution in [2.45, 2.75) is 25.3 Å². The molecule has 1 aliphatic carbocycles. The zero-order chi connectivity index (χ0) is 13.9. The normalized spacial score (nSPS) is 19.5. The number of halogens is 3. The van der Waals surface area contributed by atoms with Crippen LogP contribution in [0.2, 0.25) is 0 Å². The Kier molecular flexibility index (Phi) is 7.58. The summed E-state index contributed by atoms with van der Waals surface area (Å²) in [4.78, 5) is 2.48. The summed E-state index contributed by atoms with van der Waals surface area (Å²) in [5.74, 6) is 0.396. The summed E-state index contributed by atoms with van der Waals surface area (Å²) in [6.07, 6.45) is 3.76. The molecular weight excluding hydrogens is 324 g/mol. The molecular formula is C16H22Cl2FN3. The van der Waals surface area contributed by atoms with Crippen molar-refractivity contribution in [2.75, 3.05) is 26.2 Å². The molecule has 0 bridgehead atoms. The van der Waals surface area contributed by atoms with Gasteiger partial charge in [0.1, 0.15) is 11.9 Å². The Bertz CT molecular complexity index is 523. The molecule has 0 radical (unpaired) electrons. The summed E-state index contributed by atoms with van der Waals surface area (Å²) in [7, 11) is 0. The van der Waals surface area contributed by atoms with Crippen molar-refractivity contribution in [2.24, 2.45) is 5.92 Å². The van der Waals surface area contributed by atoms with Crippen LogP contribution < -0.4 is 5.32 Å². The zero-order valence-corrected chi connectivity index (χ0v) is 14.1. The van der Waals surface area contributed by atoms with E-state index in [-0.39, 0.29) is 30.4 Å². The molecule has 1 N–H and O–H groups in total. The fourth-order valence-electron chi connectivity index (χ4n) is 2.99. The molecule has 2 aliphatic rings. The minimum Gasteiger partial charge on any atom is -0.314 e. The molecule has 22 heavy (non-hydrogen) atoms. The van der Waals surface area contributed by atoms with Gasteiger partial charge in [0.15, 0.2) is 0 Å². The minimum atomic E-state index is -0.415. The number of hydrogen-bond donors (Lipinski definition) is 1. The Balaban J connectivity index is 0.00000121. The van der Waals surface area contributed by atoms with Crippen LogP contribution in [-0.4, -0.2) is 31.1 Å². The standard InChI is InChI=1S/C16H20FN3.2ClH/c17-15-4-3-13(10-14(15)11-18)16(9-12-1-2-12)20-7-5-19-6-8-20;;/h3-4,10,12,16,19H,1-2,5-9H2;2*1H/t16-;;/m0../s1. The summed E-state index contributed by atoms with van der Waals surface area (Å²) >= 11 is 0. The molecule has 0 unspecified atom stereocenters. The number of benzene rings is 1. The molecule has 1 aliphatic heterocycles. The van der Waals surface area contributed by atoms with Crippen LogP contribution in [0.25, 0.3) is 0 Å². The van der Waals surface area contributed by atoms with Crippen molar-refractivity contribution < 1.29 is 4.39 Å². The van der Waals surface area contributed by atoms with Crippen molar-refractivity contribution in [1.82, 2.24) is 10.2 Å². The van der Waals surface area contributed by atoms with Gasteiger partial charge in [0, 0.05) is 32.2 Å². The fraction of sp³-hybridized carbons (Fsp3) is 0.562. The number of piperazine rings is 1. The van der Waals surface area contributed by atoms with Gasteiger partial charge in [0.25, 0.3) is 0 Å². The van der Waals surface area contributed by atoms with Gasteiger partial charge in [-0.25, -0.2) is 4.39 Å². The van der Waals surface area contributed by atoms with Gasteiger partial charge < -0.3 is 5.32 Å². The summed E-state index contributed by atoms with van der Waals surface area (Å²) in [6.45, 7) is 4.06. The van der Waals surface area contributed by atoms with Crippen LogP contribution >= 0.6 is 24.8 Å². The van der Waals surface area contributed by atoms with Crippen LogP contribution in [0.5, 0.6) is 0 Å². The van der Waals surface area contributed by atoms with Crippen LogP contribution in [0.4, 0.5) is 4.39 Å². The van der Waals surface area contributed by atoms with E-state index in [2.05, 4.69) is 10.2 Å². The monoisotopic (exact) mass is 345 g/mol. The Hall–Kier alpha value is -0.860. The van der Waals surface area contributed by atoms with E-state index in [0.29, 0.717) is 6.04 Å². The summed E-state index contributed by atoms with van der Waals surface area (Å²) in [5, 5.41) is 12.4. The van der Waals surface area contributed by atoms with Crippen LogP contribution in [-0.2, 0) is 0 Å². The Morgan fingerprint density at radius 2 is 1.95 bits per heavy atom. The van der Waals surface area contributed by atoms with E-state index >= 15 is 0 Å². The van der Waals surface area contributed by atoms with Gasteiger partial charge in [0.05, 0.1) is 5.56 Å². The van der Waals surface area contributed by atoms with E-state index < -0.39 is 5.82 Å². The van der Waals surface area contributed by atoms with E-state index in [0.717, 1.165) is 44.1 Å². The van der Waals surface area contributed by atoms with Crippen molar-refractivity contribution in [3.05, 3.63) is 35.1 Å². The second kappa shape index (κ2) is 8.69. The average molecular weight is 346 g/mol. The lowest BCUT2D eigenvalue weighted by atomic mass is 9.97. The highest BCUT2D eigenvalue weighted by molar-refractivity contribution is 5.85. The lowest BCUT2D eigenvalue weighted by Gasteiger charge is -2.35. The number of rotatable bonds is 4. The summed E-state index contributed by atoms with van der Waals surface area (Å²) < 4.78 is 13.5. The van der Waals surface area contributed by atoms with Gasteiger partial charge in [-0.1, -0.05) is 18.9 Å². The van der Waals surface area contributed by atoms with E-state index in [9.17, 15) is 4.39 Å². The molecule has 3 rings (SSSR count). The van der Waals surface area contributed by atoms with Gasteiger partial charge in [-0.15, -0.1) is 24.8 Å². The number of hydrogen-bond acceptors (Lipinski definition) is 3. The van der Waals surface area contributed by atoms with Crippen molar-refractivity contribution >= 4 is 24.8 Å². The van der Waals surface area contributed by atoms with Gasteiger partial charge in [-0.2, -0.15) is 5.26 Å². The molecule has 1 saturated heterocycles. The van der Waals surface area contributed by atoms with Gasteiger partial charge >= 0.3 is 0 Å². The van der Waals surface area contributed by atoms with E-state index in [4.69, 9.17) is 5.26 Å². The highest BCUT2D eigenvalue weighted by atomic mass is 35.5. The lowest BCUT2D eigenvalue weighted by molar-refractivity contribution is 0.160. The molecule has 0 spiro atoms. The highest BCUT2D eigenvalue weighted by Crippen LogP contribution is 2.40. The molecule has 0 amide bonds. The van der Waals surface area contributed by atoms with Gasteiger partial charge in [-0.05, 0) is 30.0 Å². The smallest absolute Gasteiger partial charge is 0.140 e. The largest absolute Gasteiger partial charge is 0.314 e. The molecule has 122 valence electrons. The second-order valence-corrected chi connectivity index (χ2v) is 5.83. The van der Waals surface area contributed by atoms with Crippen molar-refractivity contribution in [3.63, 3.8) is 0 Å². The highest BCUT2D eigenvalue weighted by Gasteiger charge is 2.30.